The number of benzene rings is 1. The Hall–Kier alpha value is -1.88. The minimum absolute atomic E-state index is 0.0440. The third-order valence-corrected chi connectivity index (χ3v) is 4.61. The summed E-state index contributed by atoms with van der Waals surface area (Å²) >= 11 is 0. The normalized spacial score (nSPS) is 16.7. The van der Waals surface area contributed by atoms with Gasteiger partial charge in [0.2, 0.25) is 5.91 Å². The summed E-state index contributed by atoms with van der Waals surface area (Å²) in [6, 6.07) is 6.93. The first-order valence-corrected chi connectivity index (χ1v) is 8.84. The van der Waals surface area contributed by atoms with Crippen molar-refractivity contribution in [1.82, 2.24) is 5.32 Å². The Kier molecular flexibility index (Phi) is 6.79. The Morgan fingerprint density at radius 3 is 2.58 bits per heavy atom. The van der Waals surface area contributed by atoms with E-state index >= 15 is 0 Å². The first-order chi connectivity index (χ1) is 11.5. The lowest BCUT2D eigenvalue weighted by Gasteiger charge is -2.21. The third-order valence-electron chi connectivity index (χ3n) is 4.61. The van der Waals surface area contributed by atoms with Crippen LogP contribution in [0.2, 0.25) is 0 Å². The van der Waals surface area contributed by atoms with Gasteiger partial charge in [0.25, 0.3) is 5.91 Å². The van der Waals surface area contributed by atoms with Crippen LogP contribution >= 0.6 is 0 Å². The summed E-state index contributed by atoms with van der Waals surface area (Å²) in [6.45, 7) is 4.02. The quantitative estimate of drug-likeness (QED) is 0.749. The van der Waals surface area contributed by atoms with E-state index in [-0.39, 0.29) is 30.2 Å². The van der Waals surface area contributed by atoms with Gasteiger partial charge in [0.05, 0.1) is 6.10 Å². The summed E-state index contributed by atoms with van der Waals surface area (Å²) < 4.78 is 0. The molecule has 1 aromatic carbocycles. The van der Waals surface area contributed by atoms with E-state index in [2.05, 4.69) is 10.6 Å². The largest absolute Gasteiger partial charge is 0.391 e. The van der Waals surface area contributed by atoms with Crippen molar-refractivity contribution in [2.45, 2.75) is 52.1 Å². The maximum absolute atomic E-state index is 12.3. The van der Waals surface area contributed by atoms with E-state index < -0.39 is 6.10 Å². The fourth-order valence-electron chi connectivity index (χ4n) is 2.88. The standard InChI is InChI=1S/C19H28N2O3/c1-13(2)17(22)12-20-18(23)15-9-6-10-16(11-15)21-19(24)14-7-4-3-5-8-14/h6,9-11,13-14,17,22H,3-5,7-8,12H2,1-2H3,(H,20,23)(H,21,24). The number of hydrogen-bond donors (Lipinski definition) is 3. The van der Waals surface area contributed by atoms with Gasteiger partial charge in [-0.15, -0.1) is 0 Å². The highest BCUT2D eigenvalue weighted by Crippen LogP contribution is 2.25. The lowest BCUT2D eigenvalue weighted by Crippen LogP contribution is -2.34. The smallest absolute Gasteiger partial charge is 0.251 e. The van der Waals surface area contributed by atoms with E-state index in [0.717, 1.165) is 25.7 Å². The maximum atomic E-state index is 12.3. The number of rotatable bonds is 6. The highest BCUT2D eigenvalue weighted by Gasteiger charge is 2.21. The van der Waals surface area contributed by atoms with Gasteiger partial charge < -0.3 is 15.7 Å². The monoisotopic (exact) mass is 332 g/mol. The number of hydrogen-bond acceptors (Lipinski definition) is 3. The number of carbonyl (C=O) groups excluding carboxylic acids is 2. The van der Waals surface area contributed by atoms with Crippen molar-refractivity contribution in [2.75, 3.05) is 11.9 Å². The van der Waals surface area contributed by atoms with Gasteiger partial charge >= 0.3 is 0 Å². The molecule has 5 heteroatoms. The summed E-state index contributed by atoms with van der Waals surface area (Å²) in [6.07, 6.45) is 4.75. The van der Waals surface area contributed by atoms with Gasteiger partial charge in [-0.2, -0.15) is 0 Å². The minimum Gasteiger partial charge on any atom is -0.391 e. The molecule has 0 heterocycles. The number of aliphatic hydroxyl groups excluding tert-OH is 1. The number of carbonyl (C=O) groups is 2. The summed E-state index contributed by atoms with van der Waals surface area (Å²) in [5.74, 6) is -0.0326. The fraction of sp³-hybridized carbons (Fsp3) is 0.579. The van der Waals surface area contributed by atoms with Crippen molar-refractivity contribution in [1.29, 1.82) is 0 Å². The average molecular weight is 332 g/mol. The van der Waals surface area contributed by atoms with Gasteiger partial charge in [0.15, 0.2) is 0 Å². The van der Waals surface area contributed by atoms with Crippen LogP contribution in [0, 0.1) is 11.8 Å². The molecular weight excluding hydrogens is 304 g/mol. The lowest BCUT2D eigenvalue weighted by atomic mass is 9.88. The first kappa shape index (κ1) is 18.5. The van der Waals surface area contributed by atoms with Gasteiger partial charge in [0, 0.05) is 23.7 Å². The average Bonchev–Trinajstić information content (AvgIpc) is 2.60. The second-order valence-electron chi connectivity index (χ2n) is 6.93. The molecule has 0 radical (unpaired) electrons. The summed E-state index contributed by atoms with van der Waals surface area (Å²) in [5, 5.41) is 15.4. The van der Waals surface area contributed by atoms with Crippen LogP contribution in [0.1, 0.15) is 56.3 Å². The Labute approximate surface area is 143 Å². The fourth-order valence-corrected chi connectivity index (χ4v) is 2.88. The molecule has 2 rings (SSSR count). The summed E-state index contributed by atoms with van der Waals surface area (Å²) in [7, 11) is 0. The molecule has 0 aromatic heterocycles. The molecule has 1 aliphatic rings. The molecule has 1 fully saturated rings. The highest BCUT2D eigenvalue weighted by molar-refractivity contribution is 5.97. The van der Waals surface area contributed by atoms with Gasteiger partial charge in [-0.1, -0.05) is 39.2 Å². The molecule has 0 saturated heterocycles. The predicted octanol–water partition coefficient (Wildman–Crippen LogP) is 2.95. The first-order valence-electron chi connectivity index (χ1n) is 8.84. The van der Waals surface area contributed by atoms with Gasteiger partial charge in [-0.05, 0) is 37.0 Å². The Balaban J connectivity index is 1.92. The number of anilines is 1. The zero-order valence-corrected chi connectivity index (χ0v) is 14.5. The molecule has 1 atom stereocenters. The maximum Gasteiger partial charge on any atom is 0.251 e. The van der Waals surface area contributed by atoms with Crippen LogP contribution in [0.4, 0.5) is 5.69 Å². The van der Waals surface area contributed by atoms with Crippen LogP contribution < -0.4 is 10.6 Å². The third kappa shape index (κ3) is 5.34. The van der Waals surface area contributed by atoms with Crippen molar-refractivity contribution in [3.8, 4) is 0 Å². The minimum atomic E-state index is -0.567. The molecule has 0 aliphatic heterocycles. The molecule has 1 aliphatic carbocycles. The number of aliphatic hydroxyl groups is 1. The van der Waals surface area contributed by atoms with E-state index in [1.54, 1.807) is 24.3 Å². The molecule has 2 amide bonds. The molecule has 3 N–H and O–H groups in total. The van der Waals surface area contributed by atoms with E-state index in [1.165, 1.54) is 6.42 Å². The van der Waals surface area contributed by atoms with Gasteiger partial charge in [0.1, 0.15) is 0 Å². The zero-order valence-electron chi connectivity index (χ0n) is 14.5. The lowest BCUT2D eigenvalue weighted by molar-refractivity contribution is -0.120. The van der Waals surface area contributed by atoms with Crippen molar-refractivity contribution < 1.29 is 14.7 Å². The van der Waals surface area contributed by atoms with Crippen LogP contribution in [-0.2, 0) is 4.79 Å². The molecule has 0 spiro atoms. The highest BCUT2D eigenvalue weighted by atomic mass is 16.3. The topological polar surface area (TPSA) is 78.4 Å². The van der Waals surface area contributed by atoms with E-state index in [0.29, 0.717) is 11.3 Å². The number of nitrogens with one attached hydrogen (secondary N) is 2. The molecular formula is C19H28N2O3. The van der Waals surface area contributed by atoms with Crippen LogP contribution in [0.3, 0.4) is 0 Å². The second-order valence-corrected chi connectivity index (χ2v) is 6.93. The number of amides is 2. The SMILES string of the molecule is CC(C)C(O)CNC(=O)c1cccc(NC(=O)C2CCCCC2)c1. The molecule has 1 aromatic rings. The molecule has 1 unspecified atom stereocenters. The van der Waals surface area contributed by atoms with Crippen molar-refractivity contribution >= 4 is 17.5 Å². The van der Waals surface area contributed by atoms with Gasteiger partial charge in [-0.25, -0.2) is 0 Å². The van der Waals surface area contributed by atoms with Crippen LogP contribution in [-0.4, -0.2) is 29.6 Å². The Morgan fingerprint density at radius 2 is 1.92 bits per heavy atom. The van der Waals surface area contributed by atoms with Crippen LogP contribution in [0.25, 0.3) is 0 Å². The van der Waals surface area contributed by atoms with Crippen molar-refractivity contribution in [3.05, 3.63) is 29.8 Å². The van der Waals surface area contributed by atoms with Crippen molar-refractivity contribution in [3.63, 3.8) is 0 Å². The molecule has 24 heavy (non-hydrogen) atoms. The Bertz CT molecular complexity index is 565. The molecule has 132 valence electrons. The molecule has 0 bridgehead atoms. The predicted molar refractivity (Wildman–Crippen MR) is 94.8 cm³/mol. The van der Waals surface area contributed by atoms with E-state index in [1.807, 2.05) is 13.8 Å². The Morgan fingerprint density at radius 1 is 1.21 bits per heavy atom. The van der Waals surface area contributed by atoms with Gasteiger partial charge in [-0.3, -0.25) is 9.59 Å². The zero-order chi connectivity index (χ0) is 17.5. The second kappa shape index (κ2) is 8.83. The molecule has 1 saturated carbocycles. The van der Waals surface area contributed by atoms with E-state index in [4.69, 9.17) is 0 Å². The van der Waals surface area contributed by atoms with Crippen LogP contribution in [0.15, 0.2) is 24.3 Å². The molecule has 5 nitrogen and oxygen atoms in total. The van der Waals surface area contributed by atoms with E-state index in [9.17, 15) is 14.7 Å². The summed E-state index contributed by atoms with van der Waals surface area (Å²) in [4.78, 5) is 24.5. The summed E-state index contributed by atoms with van der Waals surface area (Å²) in [5.41, 5.74) is 1.12. The van der Waals surface area contributed by atoms with Crippen molar-refractivity contribution in [2.24, 2.45) is 11.8 Å². The van der Waals surface area contributed by atoms with Crippen LogP contribution in [0.5, 0.6) is 0 Å².